The van der Waals surface area contributed by atoms with E-state index in [1.54, 1.807) is 0 Å². The van der Waals surface area contributed by atoms with E-state index in [0.29, 0.717) is 6.54 Å². The van der Waals surface area contributed by atoms with E-state index in [-0.39, 0.29) is 0 Å². The summed E-state index contributed by atoms with van der Waals surface area (Å²) in [7, 11) is 0. The lowest BCUT2D eigenvalue weighted by Crippen LogP contribution is -2.33. The minimum atomic E-state index is 0.673. The molecule has 0 aliphatic carbocycles. The summed E-state index contributed by atoms with van der Waals surface area (Å²) in [5, 5.41) is 0. The molecule has 1 fully saturated rings. The van der Waals surface area contributed by atoms with Crippen LogP contribution in [0.3, 0.4) is 0 Å². The van der Waals surface area contributed by atoms with Gasteiger partial charge in [-0.25, -0.2) is 0 Å². The molecule has 2 rings (SSSR count). The average Bonchev–Trinajstić information content (AvgIpc) is 2.43. The highest BCUT2D eigenvalue weighted by molar-refractivity contribution is 5.40. The minimum Gasteiger partial charge on any atom is -0.492 e. The van der Waals surface area contributed by atoms with Gasteiger partial charge >= 0.3 is 0 Å². The van der Waals surface area contributed by atoms with Crippen molar-refractivity contribution < 1.29 is 4.74 Å². The first kappa shape index (κ1) is 14.4. The van der Waals surface area contributed by atoms with Crippen LogP contribution in [0.15, 0.2) is 18.2 Å². The van der Waals surface area contributed by atoms with E-state index in [2.05, 4.69) is 30.0 Å². The largest absolute Gasteiger partial charge is 0.492 e. The average molecular weight is 262 g/mol. The third-order valence-electron chi connectivity index (χ3n) is 3.81. The van der Waals surface area contributed by atoms with Crippen LogP contribution in [0.25, 0.3) is 0 Å². The van der Waals surface area contributed by atoms with Crippen molar-refractivity contribution in [3.05, 3.63) is 29.3 Å². The summed E-state index contributed by atoms with van der Waals surface area (Å²) in [5.74, 6) is 1.05. The van der Waals surface area contributed by atoms with Gasteiger partial charge in [0.2, 0.25) is 0 Å². The third-order valence-corrected chi connectivity index (χ3v) is 3.81. The number of hydrogen-bond donors (Lipinski definition) is 1. The van der Waals surface area contributed by atoms with Crippen molar-refractivity contribution in [3.63, 3.8) is 0 Å². The molecule has 0 radical (unpaired) electrons. The smallest absolute Gasteiger partial charge is 0.125 e. The Balaban J connectivity index is 1.87. The van der Waals surface area contributed by atoms with Crippen LogP contribution in [-0.2, 0) is 6.42 Å². The lowest BCUT2D eigenvalue weighted by atomic mass is 10.1. The van der Waals surface area contributed by atoms with E-state index < -0.39 is 0 Å². The van der Waals surface area contributed by atoms with Gasteiger partial charge in [0.1, 0.15) is 12.4 Å². The second-order valence-corrected chi connectivity index (χ2v) is 5.35. The van der Waals surface area contributed by atoms with Crippen LogP contribution in [0, 0.1) is 6.92 Å². The van der Waals surface area contributed by atoms with Crippen LogP contribution in [0.4, 0.5) is 0 Å². The molecule has 2 N–H and O–H groups in total. The Morgan fingerprint density at radius 3 is 2.74 bits per heavy atom. The molecule has 0 amide bonds. The highest BCUT2D eigenvalue weighted by Gasteiger charge is 2.11. The number of nitrogens with two attached hydrogens (primary N) is 1. The molecule has 106 valence electrons. The van der Waals surface area contributed by atoms with Gasteiger partial charge in [0.25, 0.3) is 0 Å². The zero-order chi connectivity index (χ0) is 13.5. The van der Waals surface area contributed by atoms with Gasteiger partial charge in [-0.15, -0.1) is 0 Å². The molecule has 0 spiro atoms. The van der Waals surface area contributed by atoms with Crippen LogP contribution >= 0.6 is 0 Å². The maximum Gasteiger partial charge on any atom is 0.125 e. The van der Waals surface area contributed by atoms with E-state index >= 15 is 0 Å². The van der Waals surface area contributed by atoms with Gasteiger partial charge < -0.3 is 10.5 Å². The number of nitrogens with zero attached hydrogens (tertiary/aromatic N) is 1. The molecule has 1 aliphatic rings. The number of piperidine rings is 1. The zero-order valence-corrected chi connectivity index (χ0v) is 12.0. The fraction of sp³-hybridized carbons (Fsp3) is 0.625. The molecular weight excluding hydrogens is 236 g/mol. The molecule has 0 aromatic heterocycles. The molecule has 1 aromatic rings. The number of hydrogen-bond acceptors (Lipinski definition) is 3. The van der Waals surface area contributed by atoms with Gasteiger partial charge in [-0.2, -0.15) is 0 Å². The van der Waals surface area contributed by atoms with Crippen molar-refractivity contribution in [2.45, 2.75) is 32.6 Å². The Hall–Kier alpha value is -1.06. The monoisotopic (exact) mass is 262 g/mol. The van der Waals surface area contributed by atoms with E-state index in [0.717, 1.165) is 25.3 Å². The van der Waals surface area contributed by atoms with Gasteiger partial charge in [-0.3, -0.25) is 4.90 Å². The van der Waals surface area contributed by atoms with E-state index in [9.17, 15) is 0 Å². The number of rotatable bonds is 6. The fourth-order valence-electron chi connectivity index (χ4n) is 2.73. The quantitative estimate of drug-likeness (QED) is 0.855. The lowest BCUT2D eigenvalue weighted by Gasteiger charge is -2.26. The van der Waals surface area contributed by atoms with Crippen LogP contribution in [0.2, 0.25) is 0 Å². The Kier molecular flexibility index (Phi) is 5.67. The molecule has 0 atom stereocenters. The SMILES string of the molecule is Cc1cccc(CCN)c1OCCN1CCCCC1. The highest BCUT2D eigenvalue weighted by atomic mass is 16.5. The van der Waals surface area contributed by atoms with Crippen LogP contribution < -0.4 is 10.5 Å². The highest BCUT2D eigenvalue weighted by Crippen LogP contribution is 2.23. The number of likely N-dealkylation sites (tertiary alicyclic amines) is 1. The Morgan fingerprint density at radius 1 is 1.21 bits per heavy atom. The molecule has 0 bridgehead atoms. The van der Waals surface area contributed by atoms with Crippen molar-refractivity contribution >= 4 is 0 Å². The van der Waals surface area contributed by atoms with Crippen LogP contribution in [0.5, 0.6) is 5.75 Å². The van der Waals surface area contributed by atoms with Crippen LogP contribution in [-0.4, -0.2) is 37.7 Å². The van der Waals surface area contributed by atoms with Gasteiger partial charge in [0, 0.05) is 6.54 Å². The molecule has 19 heavy (non-hydrogen) atoms. The molecule has 3 heteroatoms. The summed E-state index contributed by atoms with van der Waals surface area (Å²) in [6, 6.07) is 6.31. The Labute approximate surface area is 116 Å². The summed E-state index contributed by atoms with van der Waals surface area (Å²) >= 11 is 0. The first-order valence-corrected chi connectivity index (χ1v) is 7.45. The second-order valence-electron chi connectivity index (χ2n) is 5.35. The van der Waals surface area contributed by atoms with Gasteiger partial charge in [0.15, 0.2) is 0 Å². The maximum absolute atomic E-state index is 6.03. The molecular formula is C16H26N2O. The van der Waals surface area contributed by atoms with Crippen molar-refractivity contribution in [2.75, 3.05) is 32.8 Å². The topological polar surface area (TPSA) is 38.5 Å². The normalized spacial score (nSPS) is 16.5. The molecule has 0 saturated carbocycles. The van der Waals surface area contributed by atoms with Gasteiger partial charge in [-0.05, 0) is 56.9 Å². The first-order chi connectivity index (χ1) is 9.31. The Morgan fingerprint density at radius 2 is 2.00 bits per heavy atom. The standard InChI is InChI=1S/C16H26N2O/c1-14-6-5-7-15(8-9-17)16(14)19-13-12-18-10-3-2-4-11-18/h5-7H,2-4,8-13,17H2,1H3. The third kappa shape index (κ3) is 4.22. The Bertz CT molecular complexity index is 386. The summed E-state index contributed by atoms with van der Waals surface area (Å²) in [4.78, 5) is 2.50. The summed E-state index contributed by atoms with van der Waals surface area (Å²) in [6.45, 7) is 7.06. The van der Waals surface area contributed by atoms with Gasteiger partial charge in [-0.1, -0.05) is 24.6 Å². The minimum absolute atomic E-state index is 0.673. The van der Waals surface area contributed by atoms with Crippen molar-refractivity contribution in [2.24, 2.45) is 5.73 Å². The predicted octanol–water partition coefficient (Wildman–Crippen LogP) is 2.36. The van der Waals surface area contributed by atoms with Crippen molar-refractivity contribution in [3.8, 4) is 5.75 Å². The molecule has 1 saturated heterocycles. The van der Waals surface area contributed by atoms with Crippen molar-refractivity contribution in [1.82, 2.24) is 4.90 Å². The summed E-state index contributed by atoms with van der Waals surface area (Å²) in [5.41, 5.74) is 8.11. The number of para-hydroxylation sites is 1. The van der Waals surface area contributed by atoms with Gasteiger partial charge in [0.05, 0.1) is 0 Å². The van der Waals surface area contributed by atoms with E-state index in [1.165, 1.54) is 43.5 Å². The zero-order valence-electron chi connectivity index (χ0n) is 12.0. The maximum atomic E-state index is 6.03. The molecule has 3 nitrogen and oxygen atoms in total. The number of aryl methyl sites for hydroxylation is 1. The number of ether oxygens (including phenoxy) is 1. The summed E-state index contributed by atoms with van der Waals surface area (Å²) < 4.78 is 6.03. The molecule has 1 aromatic carbocycles. The molecule has 1 heterocycles. The number of benzene rings is 1. The second kappa shape index (κ2) is 7.51. The lowest BCUT2D eigenvalue weighted by molar-refractivity contribution is 0.182. The summed E-state index contributed by atoms with van der Waals surface area (Å²) in [6.07, 6.45) is 4.95. The predicted molar refractivity (Wildman–Crippen MR) is 79.7 cm³/mol. The molecule has 1 aliphatic heterocycles. The fourth-order valence-corrected chi connectivity index (χ4v) is 2.73. The molecule has 0 unspecified atom stereocenters. The van der Waals surface area contributed by atoms with Crippen LogP contribution in [0.1, 0.15) is 30.4 Å². The van der Waals surface area contributed by atoms with E-state index in [1.807, 2.05) is 0 Å². The van der Waals surface area contributed by atoms with E-state index in [4.69, 9.17) is 10.5 Å². The van der Waals surface area contributed by atoms with Crippen molar-refractivity contribution in [1.29, 1.82) is 0 Å². The first-order valence-electron chi connectivity index (χ1n) is 7.45.